The number of sulfonamides is 1. The molecule has 0 bridgehead atoms. The van der Waals surface area contributed by atoms with Crippen molar-refractivity contribution in [3.05, 3.63) is 57.0 Å². The molecule has 0 aliphatic carbocycles. The van der Waals surface area contributed by atoms with Crippen LogP contribution in [0.1, 0.15) is 10.4 Å². The molecule has 1 N–H and O–H groups in total. The van der Waals surface area contributed by atoms with E-state index in [1.54, 1.807) is 0 Å². The van der Waals surface area contributed by atoms with Crippen LogP contribution in [0.15, 0.2) is 36.4 Å². The van der Waals surface area contributed by atoms with Crippen LogP contribution in [-0.2, 0) is 19.6 Å². The number of rotatable bonds is 6. The van der Waals surface area contributed by atoms with Gasteiger partial charge in [0.2, 0.25) is 15.9 Å². The Bertz CT molecular complexity index is 1030. The SMILES string of the molecule is COC(=O)c1cc(NC(=O)CN(c2cc(Cl)ccc2Cl)S(C)(=O)=O)ccc1Cl. The van der Waals surface area contributed by atoms with Crippen LogP contribution in [0.5, 0.6) is 0 Å². The fourth-order valence-corrected chi connectivity index (χ4v) is 3.75. The molecule has 0 aliphatic heterocycles. The van der Waals surface area contributed by atoms with Gasteiger partial charge in [-0.15, -0.1) is 0 Å². The summed E-state index contributed by atoms with van der Waals surface area (Å²) < 4.78 is 29.8. The summed E-state index contributed by atoms with van der Waals surface area (Å²) in [4.78, 5) is 24.1. The zero-order chi connectivity index (χ0) is 21.1. The number of benzene rings is 2. The van der Waals surface area contributed by atoms with E-state index in [4.69, 9.17) is 34.8 Å². The first-order valence-corrected chi connectivity index (χ1v) is 10.6. The summed E-state index contributed by atoms with van der Waals surface area (Å²) >= 11 is 17.9. The molecule has 28 heavy (non-hydrogen) atoms. The van der Waals surface area contributed by atoms with Crippen LogP contribution < -0.4 is 9.62 Å². The Hall–Kier alpha value is -2.00. The Morgan fingerprint density at radius 2 is 1.71 bits per heavy atom. The molecule has 0 aromatic heterocycles. The van der Waals surface area contributed by atoms with Crippen molar-refractivity contribution in [1.29, 1.82) is 0 Å². The van der Waals surface area contributed by atoms with Crippen LogP contribution in [0.25, 0.3) is 0 Å². The standard InChI is InChI=1S/C17H15Cl3N2O5S/c1-27-17(24)12-8-11(4-6-13(12)19)21-16(23)9-22(28(2,25)26)15-7-10(18)3-5-14(15)20/h3-8H,9H2,1-2H3,(H,21,23). The molecule has 0 aliphatic rings. The molecule has 0 atom stereocenters. The lowest BCUT2D eigenvalue weighted by Gasteiger charge is -2.23. The topological polar surface area (TPSA) is 92.8 Å². The summed E-state index contributed by atoms with van der Waals surface area (Å²) in [5.41, 5.74) is 0.360. The highest BCUT2D eigenvalue weighted by Gasteiger charge is 2.24. The minimum Gasteiger partial charge on any atom is -0.465 e. The third-order valence-corrected chi connectivity index (χ3v) is 5.53. The fraction of sp³-hybridized carbons (Fsp3) is 0.176. The summed E-state index contributed by atoms with van der Waals surface area (Å²) in [5.74, 6) is -1.34. The van der Waals surface area contributed by atoms with Crippen LogP contribution in [0.3, 0.4) is 0 Å². The molecule has 0 unspecified atom stereocenters. The van der Waals surface area contributed by atoms with E-state index in [0.717, 1.165) is 10.6 Å². The summed E-state index contributed by atoms with van der Waals surface area (Å²) in [7, 11) is -2.65. The molecule has 11 heteroatoms. The van der Waals surface area contributed by atoms with Gasteiger partial charge in [-0.25, -0.2) is 13.2 Å². The van der Waals surface area contributed by atoms with E-state index in [-0.39, 0.29) is 32.0 Å². The Kier molecular flexibility index (Phi) is 7.16. The number of esters is 1. The molecule has 150 valence electrons. The normalized spacial score (nSPS) is 11.0. The number of amides is 1. The van der Waals surface area contributed by atoms with Gasteiger partial charge in [0.05, 0.1) is 34.7 Å². The highest BCUT2D eigenvalue weighted by molar-refractivity contribution is 7.92. The van der Waals surface area contributed by atoms with Gasteiger partial charge >= 0.3 is 5.97 Å². The molecule has 0 spiro atoms. The minimum absolute atomic E-state index is 0.0554. The van der Waals surface area contributed by atoms with Crippen molar-refractivity contribution in [3.63, 3.8) is 0 Å². The summed E-state index contributed by atoms with van der Waals surface area (Å²) in [6, 6.07) is 8.46. The molecule has 0 radical (unpaired) electrons. The third-order valence-electron chi connectivity index (χ3n) is 3.52. The maximum absolute atomic E-state index is 12.4. The maximum Gasteiger partial charge on any atom is 0.339 e. The monoisotopic (exact) mass is 464 g/mol. The number of ether oxygens (including phenoxy) is 1. The highest BCUT2D eigenvalue weighted by atomic mass is 35.5. The number of carbonyl (C=O) groups excluding carboxylic acids is 2. The van der Waals surface area contributed by atoms with Gasteiger partial charge in [0.25, 0.3) is 0 Å². The number of nitrogens with zero attached hydrogens (tertiary/aromatic N) is 1. The number of methoxy groups -OCH3 is 1. The predicted molar refractivity (Wildman–Crippen MR) is 110 cm³/mol. The maximum atomic E-state index is 12.4. The van der Waals surface area contributed by atoms with Crippen LogP contribution in [-0.4, -0.2) is 40.2 Å². The van der Waals surface area contributed by atoms with Gasteiger partial charge in [0.1, 0.15) is 6.54 Å². The third kappa shape index (κ3) is 5.51. The summed E-state index contributed by atoms with van der Waals surface area (Å²) in [6.07, 6.45) is 0.940. The first-order chi connectivity index (χ1) is 13.0. The largest absolute Gasteiger partial charge is 0.465 e. The Morgan fingerprint density at radius 1 is 1.07 bits per heavy atom. The minimum atomic E-state index is -3.84. The van der Waals surface area contributed by atoms with E-state index in [0.29, 0.717) is 0 Å². The van der Waals surface area contributed by atoms with Crippen LogP contribution in [0.2, 0.25) is 15.1 Å². The van der Waals surface area contributed by atoms with E-state index < -0.39 is 28.4 Å². The van der Waals surface area contributed by atoms with Crippen molar-refractivity contribution in [2.24, 2.45) is 0 Å². The van der Waals surface area contributed by atoms with Gasteiger partial charge in [-0.3, -0.25) is 9.10 Å². The average Bonchev–Trinajstić information content (AvgIpc) is 2.62. The molecule has 2 rings (SSSR count). The summed E-state index contributed by atoms with van der Waals surface area (Å²) in [6.45, 7) is -0.560. The molecule has 0 heterocycles. The molecular weight excluding hydrogens is 451 g/mol. The number of halogens is 3. The molecule has 1 amide bonds. The first-order valence-electron chi connectivity index (χ1n) is 7.63. The van der Waals surface area contributed by atoms with Crippen molar-refractivity contribution < 1.29 is 22.7 Å². The summed E-state index contributed by atoms with van der Waals surface area (Å²) in [5, 5.41) is 3.03. The second kappa shape index (κ2) is 9.00. The Labute approximate surface area is 177 Å². The van der Waals surface area contributed by atoms with Gasteiger partial charge in [0.15, 0.2) is 0 Å². The zero-order valence-corrected chi connectivity index (χ0v) is 17.8. The van der Waals surface area contributed by atoms with Crippen molar-refractivity contribution in [2.45, 2.75) is 0 Å². The molecule has 0 fully saturated rings. The number of hydrogen-bond acceptors (Lipinski definition) is 5. The Morgan fingerprint density at radius 3 is 2.32 bits per heavy atom. The molecule has 7 nitrogen and oxygen atoms in total. The number of hydrogen-bond donors (Lipinski definition) is 1. The predicted octanol–water partition coefficient (Wildman–Crippen LogP) is 3.84. The molecule has 2 aromatic rings. The van der Waals surface area contributed by atoms with Crippen molar-refractivity contribution >= 4 is 68.1 Å². The van der Waals surface area contributed by atoms with E-state index >= 15 is 0 Å². The second-order valence-corrected chi connectivity index (χ2v) is 8.76. The number of carbonyl (C=O) groups is 2. The number of anilines is 2. The van der Waals surface area contributed by atoms with Crippen molar-refractivity contribution in [3.8, 4) is 0 Å². The molecule has 0 saturated carbocycles. The lowest BCUT2D eigenvalue weighted by molar-refractivity contribution is -0.114. The second-order valence-electron chi connectivity index (χ2n) is 5.60. The van der Waals surface area contributed by atoms with Gasteiger partial charge in [-0.2, -0.15) is 0 Å². The van der Waals surface area contributed by atoms with Crippen LogP contribution in [0.4, 0.5) is 11.4 Å². The van der Waals surface area contributed by atoms with Gasteiger partial charge < -0.3 is 10.1 Å². The first kappa shape index (κ1) is 22.3. The molecule has 2 aromatic carbocycles. The highest BCUT2D eigenvalue weighted by Crippen LogP contribution is 2.30. The smallest absolute Gasteiger partial charge is 0.339 e. The lowest BCUT2D eigenvalue weighted by Crippen LogP contribution is -2.37. The van der Waals surface area contributed by atoms with E-state index in [1.165, 1.54) is 43.5 Å². The molecular formula is C17H15Cl3N2O5S. The Balaban J connectivity index is 2.28. The lowest BCUT2D eigenvalue weighted by atomic mass is 10.2. The molecule has 0 saturated heterocycles. The average molecular weight is 466 g/mol. The van der Waals surface area contributed by atoms with Crippen LogP contribution in [0, 0.1) is 0 Å². The quantitative estimate of drug-likeness (QED) is 0.654. The van der Waals surface area contributed by atoms with E-state index in [1.807, 2.05) is 0 Å². The van der Waals surface area contributed by atoms with Gasteiger partial charge in [0, 0.05) is 10.7 Å². The van der Waals surface area contributed by atoms with Crippen molar-refractivity contribution in [2.75, 3.05) is 29.5 Å². The van der Waals surface area contributed by atoms with Crippen molar-refractivity contribution in [1.82, 2.24) is 0 Å². The van der Waals surface area contributed by atoms with E-state index in [9.17, 15) is 18.0 Å². The number of nitrogens with one attached hydrogen (secondary N) is 1. The zero-order valence-electron chi connectivity index (χ0n) is 14.7. The van der Waals surface area contributed by atoms with Crippen LogP contribution >= 0.6 is 34.8 Å². The van der Waals surface area contributed by atoms with Gasteiger partial charge in [-0.05, 0) is 36.4 Å². The van der Waals surface area contributed by atoms with Gasteiger partial charge in [-0.1, -0.05) is 34.8 Å². The van der Waals surface area contributed by atoms with E-state index in [2.05, 4.69) is 10.1 Å². The fourth-order valence-electron chi connectivity index (χ4n) is 2.26.